The van der Waals surface area contributed by atoms with E-state index in [2.05, 4.69) is 20.6 Å². The SMILES string of the molecule is CC(C)Oc1cc2c(cc1Nc1ncc(Cl)c(Nc3ccccc3S(=O)(=O)C(C)C)n1)C(=O)N(C1CCN(CCO)C1)C2=O. The number of para-hydroxylation sites is 1. The first-order valence-corrected chi connectivity index (χ1v) is 16.3. The van der Waals surface area contributed by atoms with Gasteiger partial charge in [0.2, 0.25) is 5.95 Å². The normalized spacial score (nSPS) is 17.1. The van der Waals surface area contributed by atoms with Crippen molar-refractivity contribution in [2.45, 2.75) is 56.4 Å². The number of nitrogens with zero attached hydrogens (tertiary/aromatic N) is 4. The maximum absolute atomic E-state index is 13.5. The summed E-state index contributed by atoms with van der Waals surface area (Å²) < 4.78 is 31.9. The summed E-state index contributed by atoms with van der Waals surface area (Å²) in [6.07, 6.45) is 1.74. The molecular formula is C30H35ClN6O6S. The third kappa shape index (κ3) is 6.23. The molecule has 5 rings (SSSR count). The van der Waals surface area contributed by atoms with Gasteiger partial charge >= 0.3 is 0 Å². The number of aliphatic hydroxyl groups is 1. The van der Waals surface area contributed by atoms with Crippen molar-refractivity contribution < 1.29 is 27.9 Å². The van der Waals surface area contributed by atoms with Gasteiger partial charge in [0.1, 0.15) is 10.8 Å². The molecule has 0 bridgehead atoms. The largest absolute Gasteiger partial charge is 0.489 e. The number of halogens is 1. The molecule has 1 saturated heterocycles. The Labute approximate surface area is 261 Å². The lowest BCUT2D eigenvalue weighted by atomic mass is 10.1. The highest BCUT2D eigenvalue weighted by molar-refractivity contribution is 7.92. The van der Waals surface area contributed by atoms with E-state index < -0.39 is 21.0 Å². The van der Waals surface area contributed by atoms with Crippen LogP contribution in [0, 0.1) is 0 Å². The number of fused-ring (bicyclic) bond motifs is 1. The van der Waals surface area contributed by atoms with Crippen LogP contribution in [0.25, 0.3) is 0 Å². The fourth-order valence-corrected chi connectivity index (χ4v) is 6.61. The number of anilines is 4. The highest BCUT2D eigenvalue weighted by Crippen LogP contribution is 2.38. The van der Waals surface area contributed by atoms with Crippen molar-refractivity contribution >= 4 is 56.4 Å². The van der Waals surface area contributed by atoms with Crippen molar-refractivity contribution in [3.8, 4) is 5.75 Å². The molecule has 2 amide bonds. The van der Waals surface area contributed by atoms with Gasteiger partial charge in [-0.25, -0.2) is 13.4 Å². The number of carbonyl (C=O) groups is 2. The summed E-state index contributed by atoms with van der Waals surface area (Å²) in [5.41, 5.74) is 1.15. The number of carbonyl (C=O) groups excluding carboxylic acids is 2. The summed E-state index contributed by atoms with van der Waals surface area (Å²) in [5, 5.41) is 14.9. The molecule has 0 radical (unpaired) electrons. The second-order valence-electron chi connectivity index (χ2n) is 11.2. The summed E-state index contributed by atoms with van der Waals surface area (Å²) in [7, 11) is -3.61. The maximum Gasteiger partial charge on any atom is 0.261 e. The molecule has 1 aromatic heterocycles. The number of aromatic nitrogens is 2. The second kappa shape index (κ2) is 12.7. The van der Waals surface area contributed by atoms with E-state index >= 15 is 0 Å². The van der Waals surface area contributed by atoms with Gasteiger partial charge in [0.05, 0.1) is 57.6 Å². The smallest absolute Gasteiger partial charge is 0.261 e. The predicted octanol–water partition coefficient (Wildman–Crippen LogP) is 4.25. The molecule has 3 N–H and O–H groups in total. The van der Waals surface area contributed by atoms with Gasteiger partial charge in [0.15, 0.2) is 15.7 Å². The fraction of sp³-hybridized carbons (Fsp3) is 0.400. The molecule has 3 heterocycles. The summed E-state index contributed by atoms with van der Waals surface area (Å²) in [4.78, 5) is 39.1. The van der Waals surface area contributed by atoms with E-state index in [-0.39, 0.29) is 57.5 Å². The van der Waals surface area contributed by atoms with Crippen LogP contribution in [0.3, 0.4) is 0 Å². The molecular weight excluding hydrogens is 608 g/mol. The molecule has 1 unspecified atom stereocenters. The summed E-state index contributed by atoms with van der Waals surface area (Å²) in [6, 6.07) is 9.30. The molecule has 0 spiro atoms. The van der Waals surface area contributed by atoms with Crippen molar-refractivity contribution in [2.24, 2.45) is 0 Å². The first-order valence-electron chi connectivity index (χ1n) is 14.4. The number of benzene rings is 2. The van der Waals surface area contributed by atoms with E-state index in [0.29, 0.717) is 43.2 Å². The van der Waals surface area contributed by atoms with Gasteiger partial charge in [-0.05, 0) is 58.4 Å². The Balaban J connectivity index is 1.46. The number of sulfone groups is 1. The number of ether oxygens (including phenoxy) is 1. The lowest BCUT2D eigenvalue weighted by Crippen LogP contribution is -2.41. The minimum atomic E-state index is -3.61. The van der Waals surface area contributed by atoms with Gasteiger partial charge < -0.3 is 20.5 Å². The van der Waals surface area contributed by atoms with Crippen molar-refractivity contribution in [3.05, 3.63) is 58.7 Å². The van der Waals surface area contributed by atoms with Crippen LogP contribution in [-0.4, -0.2) is 88.7 Å². The molecule has 0 aliphatic carbocycles. The molecule has 2 aliphatic rings. The Morgan fingerprint density at radius 2 is 1.77 bits per heavy atom. The number of aliphatic hydroxyl groups excluding tert-OH is 1. The van der Waals surface area contributed by atoms with Crippen LogP contribution < -0.4 is 15.4 Å². The Kier molecular flexibility index (Phi) is 9.12. The first kappa shape index (κ1) is 31.6. The lowest BCUT2D eigenvalue weighted by Gasteiger charge is -2.22. The molecule has 3 aromatic rings. The van der Waals surface area contributed by atoms with Gasteiger partial charge in [0, 0.05) is 19.6 Å². The topological polar surface area (TPSA) is 154 Å². The molecule has 44 heavy (non-hydrogen) atoms. The van der Waals surface area contributed by atoms with Gasteiger partial charge in [-0.2, -0.15) is 4.98 Å². The van der Waals surface area contributed by atoms with Crippen LogP contribution in [0.15, 0.2) is 47.5 Å². The zero-order chi connectivity index (χ0) is 31.8. The third-order valence-electron chi connectivity index (χ3n) is 7.47. The molecule has 2 aromatic carbocycles. The van der Waals surface area contributed by atoms with E-state index in [1.165, 1.54) is 17.2 Å². The Hall–Kier alpha value is -3.78. The third-order valence-corrected chi connectivity index (χ3v) is 9.95. The number of β-amino-alcohol motifs (C(OH)–C–C–N with tert-alkyl or cyclic N) is 1. The minimum Gasteiger partial charge on any atom is -0.489 e. The molecule has 234 valence electrons. The van der Waals surface area contributed by atoms with Crippen molar-refractivity contribution in [3.63, 3.8) is 0 Å². The monoisotopic (exact) mass is 642 g/mol. The Bertz CT molecular complexity index is 1700. The van der Waals surface area contributed by atoms with Crippen LogP contribution in [0.4, 0.5) is 23.1 Å². The van der Waals surface area contributed by atoms with Crippen LogP contribution in [0.2, 0.25) is 5.02 Å². The average Bonchev–Trinajstić information content (AvgIpc) is 3.52. The number of imide groups is 1. The number of likely N-dealkylation sites (tertiary alicyclic amines) is 1. The van der Waals surface area contributed by atoms with Crippen LogP contribution in [0.1, 0.15) is 54.8 Å². The van der Waals surface area contributed by atoms with Crippen molar-refractivity contribution in [1.29, 1.82) is 0 Å². The first-order chi connectivity index (χ1) is 20.9. The standard InChI is InChI=1S/C30H35ClN6O6S/c1-17(2)43-25-14-21-20(28(39)37(29(21)40)19-9-10-36(16-19)11-12-38)13-24(25)34-30-32-15-22(31)27(35-30)33-23-7-5-6-8-26(23)44(41,42)18(3)4/h5-8,13-15,17-19,38H,9-12,16H2,1-4H3,(H2,32,33,34,35). The number of amides is 2. The average molecular weight is 643 g/mol. The zero-order valence-corrected chi connectivity index (χ0v) is 26.4. The van der Waals surface area contributed by atoms with Gasteiger partial charge in [-0.15, -0.1) is 0 Å². The van der Waals surface area contributed by atoms with E-state index in [9.17, 15) is 23.1 Å². The molecule has 1 atom stereocenters. The number of hydrogen-bond acceptors (Lipinski definition) is 11. The van der Waals surface area contributed by atoms with E-state index in [1.54, 1.807) is 44.2 Å². The van der Waals surface area contributed by atoms with Crippen LogP contribution in [-0.2, 0) is 9.84 Å². The predicted molar refractivity (Wildman–Crippen MR) is 167 cm³/mol. The zero-order valence-electron chi connectivity index (χ0n) is 24.9. The quantitative estimate of drug-likeness (QED) is 0.257. The number of hydrogen-bond donors (Lipinski definition) is 3. The summed E-state index contributed by atoms with van der Waals surface area (Å²) in [5.74, 6) is -0.197. The van der Waals surface area contributed by atoms with Crippen molar-refractivity contribution in [1.82, 2.24) is 19.8 Å². The van der Waals surface area contributed by atoms with E-state index in [0.717, 1.165) is 0 Å². The Morgan fingerprint density at radius 1 is 1.07 bits per heavy atom. The van der Waals surface area contributed by atoms with Gasteiger partial charge in [-0.1, -0.05) is 23.7 Å². The fourth-order valence-electron chi connectivity index (χ4n) is 5.27. The molecule has 14 heteroatoms. The molecule has 12 nitrogen and oxygen atoms in total. The van der Waals surface area contributed by atoms with Crippen molar-refractivity contribution in [2.75, 3.05) is 36.9 Å². The second-order valence-corrected chi connectivity index (χ2v) is 14.1. The highest BCUT2D eigenvalue weighted by Gasteiger charge is 2.43. The summed E-state index contributed by atoms with van der Waals surface area (Å²) in [6.45, 7) is 8.58. The van der Waals surface area contributed by atoms with Crippen LogP contribution >= 0.6 is 11.6 Å². The summed E-state index contributed by atoms with van der Waals surface area (Å²) >= 11 is 6.40. The van der Waals surface area contributed by atoms with Gasteiger partial charge in [0.25, 0.3) is 11.8 Å². The number of rotatable bonds is 11. The molecule has 0 saturated carbocycles. The minimum absolute atomic E-state index is 0.00727. The molecule has 2 aliphatic heterocycles. The van der Waals surface area contributed by atoms with Gasteiger partial charge in [-0.3, -0.25) is 19.4 Å². The molecule has 1 fully saturated rings. The number of nitrogens with one attached hydrogen (secondary N) is 2. The van der Waals surface area contributed by atoms with Crippen LogP contribution in [0.5, 0.6) is 5.75 Å². The maximum atomic E-state index is 13.5. The lowest BCUT2D eigenvalue weighted by molar-refractivity contribution is 0.0587. The van der Waals surface area contributed by atoms with E-state index in [4.69, 9.17) is 16.3 Å². The van der Waals surface area contributed by atoms with E-state index in [1.807, 2.05) is 18.7 Å². The Morgan fingerprint density at radius 3 is 2.45 bits per heavy atom. The highest BCUT2D eigenvalue weighted by atomic mass is 35.5.